The van der Waals surface area contributed by atoms with Gasteiger partial charge in [0.05, 0.1) is 12.2 Å². The first-order valence-electron chi connectivity index (χ1n) is 8.89. The SMILES string of the molecule is CCOc1ccc(C(=O)OCC(=O)NCCc2c[nH]c3ccccc23)cc1. The Bertz CT molecular complexity index is 915. The van der Waals surface area contributed by atoms with Gasteiger partial charge in [0.15, 0.2) is 6.61 Å². The summed E-state index contributed by atoms with van der Waals surface area (Å²) >= 11 is 0. The molecule has 0 aliphatic rings. The van der Waals surface area contributed by atoms with E-state index in [0.717, 1.165) is 16.5 Å². The molecule has 0 unspecified atom stereocenters. The Hall–Kier alpha value is -3.28. The number of esters is 1. The van der Waals surface area contributed by atoms with Gasteiger partial charge in [-0.05, 0) is 49.2 Å². The summed E-state index contributed by atoms with van der Waals surface area (Å²) in [5.41, 5.74) is 2.59. The van der Waals surface area contributed by atoms with Gasteiger partial charge in [0.25, 0.3) is 5.91 Å². The average molecular weight is 366 g/mol. The van der Waals surface area contributed by atoms with Crippen molar-refractivity contribution in [3.63, 3.8) is 0 Å². The molecule has 1 aromatic heterocycles. The third-order valence-corrected chi connectivity index (χ3v) is 4.13. The van der Waals surface area contributed by atoms with Crippen LogP contribution in [-0.4, -0.2) is 36.6 Å². The van der Waals surface area contributed by atoms with E-state index in [9.17, 15) is 9.59 Å². The molecular formula is C21H22N2O4. The first-order chi connectivity index (χ1) is 13.2. The fourth-order valence-electron chi connectivity index (χ4n) is 2.79. The van der Waals surface area contributed by atoms with E-state index in [1.165, 1.54) is 0 Å². The van der Waals surface area contributed by atoms with Crippen LogP contribution < -0.4 is 10.1 Å². The molecule has 0 bridgehead atoms. The summed E-state index contributed by atoms with van der Waals surface area (Å²) in [4.78, 5) is 27.1. The number of rotatable bonds is 8. The van der Waals surface area contributed by atoms with E-state index in [0.29, 0.717) is 30.9 Å². The smallest absolute Gasteiger partial charge is 0.338 e. The standard InChI is InChI=1S/C21H22N2O4/c1-2-26-17-9-7-15(8-10-17)21(25)27-14-20(24)22-12-11-16-13-23-19-6-4-3-5-18(16)19/h3-10,13,23H,2,11-12,14H2,1H3,(H,22,24). The number of fused-ring (bicyclic) bond motifs is 1. The van der Waals surface area contributed by atoms with Crippen molar-refractivity contribution in [2.45, 2.75) is 13.3 Å². The molecule has 1 amide bonds. The highest BCUT2D eigenvalue weighted by molar-refractivity contribution is 5.91. The molecule has 0 saturated carbocycles. The van der Waals surface area contributed by atoms with Gasteiger partial charge in [0.2, 0.25) is 0 Å². The largest absolute Gasteiger partial charge is 0.494 e. The molecule has 0 spiro atoms. The Morgan fingerprint density at radius 1 is 1.07 bits per heavy atom. The summed E-state index contributed by atoms with van der Waals surface area (Å²) in [7, 11) is 0. The minimum absolute atomic E-state index is 0.306. The zero-order valence-electron chi connectivity index (χ0n) is 15.2. The summed E-state index contributed by atoms with van der Waals surface area (Å²) in [6, 6.07) is 14.6. The molecule has 0 saturated heterocycles. The van der Waals surface area contributed by atoms with Crippen molar-refractivity contribution in [1.82, 2.24) is 10.3 Å². The number of para-hydroxylation sites is 1. The Morgan fingerprint density at radius 2 is 1.85 bits per heavy atom. The second-order valence-corrected chi connectivity index (χ2v) is 5.99. The lowest BCUT2D eigenvalue weighted by Crippen LogP contribution is -2.30. The number of benzene rings is 2. The van der Waals surface area contributed by atoms with E-state index in [-0.39, 0.29) is 12.5 Å². The lowest BCUT2D eigenvalue weighted by Gasteiger charge is -2.07. The van der Waals surface area contributed by atoms with Crippen LogP contribution in [0.1, 0.15) is 22.8 Å². The molecule has 0 fully saturated rings. The molecule has 3 rings (SSSR count). The minimum Gasteiger partial charge on any atom is -0.494 e. The molecule has 3 aromatic rings. The molecular weight excluding hydrogens is 344 g/mol. The van der Waals surface area contributed by atoms with E-state index >= 15 is 0 Å². The number of aromatic amines is 1. The number of ether oxygens (including phenoxy) is 2. The monoisotopic (exact) mass is 366 g/mol. The summed E-state index contributed by atoms with van der Waals surface area (Å²) in [6.45, 7) is 2.61. The zero-order chi connectivity index (χ0) is 19.1. The van der Waals surface area contributed by atoms with Crippen LogP contribution in [-0.2, 0) is 16.0 Å². The van der Waals surface area contributed by atoms with Crippen molar-refractivity contribution in [3.05, 3.63) is 65.9 Å². The van der Waals surface area contributed by atoms with Gasteiger partial charge >= 0.3 is 5.97 Å². The Labute approximate surface area is 157 Å². The van der Waals surface area contributed by atoms with Crippen LogP contribution in [0.15, 0.2) is 54.7 Å². The first kappa shape index (κ1) is 18.5. The highest BCUT2D eigenvalue weighted by atomic mass is 16.5. The summed E-state index contributed by atoms with van der Waals surface area (Å²) in [5, 5.41) is 3.92. The molecule has 0 aliphatic carbocycles. The Morgan fingerprint density at radius 3 is 2.63 bits per heavy atom. The van der Waals surface area contributed by atoms with Crippen LogP contribution in [0.3, 0.4) is 0 Å². The van der Waals surface area contributed by atoms with Crippen LogP contribution >= 0.6 is 0 Å². The molecule has 2 N–H and O–H groups in total. The van der Waals surface area contributed by atoms with E-state index in [2.05, 4.69) is 10.3 Å². The lowest BCUT2D eigenvalue weighted by atomic mass is 10.1. The van der Waals surface area contributed by atoms with Crippen molar-refractivity contribution in [2.75, 3.05) is 19.8 Å². The predicted molar refractivity (Wildman–Crippen MR) is 103 cm³/mol. The normalized spacial score (nSPS) is 10.6. The maximum absolute atomic E-state index is 12.0. The summed E-state index contributed by atoms with van der Waals surface area (Å²) < 4.78 is 10.4. The van der Waals surface area contributed by atoms with Gasteiger partial charge in [-0.25, -0.2) is 4.79 Å². The number of hydrogen-bond acceptors (Lipinski definition) is 4. The van der Waals surface area contributed by atoms with Crippen LogP contribution in [0.5, 0.6) is 5.75 Å². The maximum Gasteiger partial charge on any atom is 0.338 e. The second-order valence-electron chi connectivity index (χ2n) is 5.99. The maximum atomic E-state index is 12.0. The fourth-order valence-corrected chi connectivity index (χ4v) is 2.79. The van der Waals surface area contributed by atoms with Crippen LogP contribution in [0.4, 0.5) is 0 Å². The Kier molecular flexibility index (Phi) is 6.10. The minimum atomic E-state index is -0.537. The van der Waals surface area contributed by atoms with Crippen molar-refractivity contribution in [1.29, 1.82) is 0 Å². The molecule has 0 aliphatic heterocycles. The molecule has 2 aromatic carbocycles. The van der Waals surface area contributed by atoms with Crippen molar-refractivity contribution < 1.29 is 19.1 Å². The van der Waals surface area contributed by atoms with Crippen LogP contribution in [0.25, 0.3) is 10.9 Å². The van der Waals surface area contributed by atoms with E-state index in [1.54, 1.807) is 24.3 Å². The second kappa shape index (κ2) is 8.89. The molecule has 140 valence electrons. The van der Waals surface area contributed by atoms with E-state index in [1.807, 2.05) is 37.4 Å². The third kappa shape index (κ3) is 4.88. The molecule has 27 heavy (non-hydrogen) atoms. The van der Waals surface area contributed by atoms with Crippen molar-refractivity contribution in [3.8, 4) is 5.75 Å². The van der Waals surface area contributed by atoms with Gasteiger partial charge in [-0.1, -0.05) is 18.2 Å². The molecule has 0 radical (unpaired) electrons. The highest BCUT2D eigenvalue weighted by Crippen LogP contribution is 2.17. The first-order valence-corrected chi connectivity index (χ1v) is 8.89. The highest BCUT2D eigenvalue weighted by Gasteiger charge is 2.10. The van der Waals surface area contributed by atoms with E-state index in [4.69, 9.17) is 9.47 Å². The van der Waals surface area contributed by atoms with Gasteiger partial charge < -0.3 is 19.8 Å². The Balaban J connectivity index is 1.42. The van der Waals surface area contributed by atoms with Gasteiger partial charge in [0.1, 0.15) is 5.75 Å². The molecule has 0 atom stereocenters. The third-order valence-electron chi connectivity index (χ3n) is 4.13. The molecule has 6 nitrogen and oxygen atoms in total. The number of aromatic nitrogens is 1. The number of hydrogen-bond donors (Lipinski definition) is 2. The number of nitrogens with one attached hydrogen (secondary N) is 2. The van der Waals surface area contributed by atoms with Gasteiger partial charge in [0, 0.05) is 23.6 Å². The molecule has 6 heteroatoms. The fraction of sp³-hybridized carbons (Fsp3) is 0.238. The summed E-state index contributed by atoms with van der Waals surface area (Å²) in [6.07, 6.45) is 2.64. The zero-order valence-corrected chi connectivity index (χ0v) is 15.2. The van der Waals surface area contributed by atoms with Crippen molar-refractivity contribution >= 4 is 22.8 Å². The quantitative estimate of drug-likeness (QED) is 0.601. The number of H-pyrrole nitrogens is 1. The number of amides is 1. The predicted octanol–water partition coefficient (Wildman–Crippen LogP) is 3.08. The average Bonchev–Trinajstić information content (AvgIpc) is 3.10. The van der Waals surface area contributed by atoms with Crippen LogP contribution in [0.2, 0.25) is 0 Å². The topological polar surface area (TPSA) is 80.4 Å². The van der Waals surface area contributed by atoms with Crippen molar-refractivity contribution in [2.24, 2.45) is 0 Å². The number of carbonyl (C=O) groups excluding carboxylic acids is 2. The molecule has 1 heterocycles. The van der Waals surface area contributed by atoms with E-state index < -0.39 is 5.97 Å². The van der Waals surface area contributed by atoms with Gasteiger partial charge in [-0.2, -0.15) is 0 Å². The van der Waals surface area contributed by atoms with Gasteiger partial charge in [-0.3, -0.25) is 4.79 Å². The van der Waals surface area contributed by atoms with Gasteiger partial charge in [-0.15, -0.1) is 0 Å². The van der Waals surface area contributed by atoms with Crippen LogP contribution in [0, 0.1) is 0 Å². The summed E-state index contributed by atoms with van der Waals surface area (Å²) in [5.74, 6) is -0.178. The number of carbonyl (C=O) groups is 2. The lowest BCUT2D eigenvalue weighted by molar-refractivity contribution is -0.124.